The van der Waals surface area contributed by atoms with E-state index in [0.717, 1.165) is 38.7 Å². The first-order valence-electron chi connectivity index (χ1n) is 10.1. The summed E-state index contributed by atoms with van der Waals surface area (Å²) in [6, 6.07) is 25.4. The average Bonchev–Trinajstić information content (AvgIpc) is 3.44. The van der Waals surface area contributed by atoms with Gasteiger partial charge in [-0.15, -0.1) is 0 Å². The molecule has 7 heteroatoms. The number of hydrogen-bond acceptors (Lipinski definition) is 4. The van der Waals surface area contributed by atoms with Crippen LogP contribution in [0.5, 0.6) is 5.75 Å². The van der Waals surface area contributed by atoms with Crippen molar-refractivity contribution in [2.45, 2.75) is 12.1 Å². The van der Waals surface area contributed by atoms with Gasteiger partial charge in [-0.1, -0.05) is 46.3 Å². The van der Waals surface area contributed by atoms with E-state index in [4.69, 9.17) is 21.4 Å². The van der Waals surface area contributed by atoms with Crippen molar-refractivity contribution in [1.29, 1.82) is 0 Å². The second-order valence-corrected chi connectivity index (χ2v) is 8.68. The molecule has 1 N–H and O–H groups in total. The Hall–Kier alpha value is -3.16. The molecule has 1 aliphatic rings. The molecule has 5 rings (SSSR count). The summed E-state index contributed by atoms with van der Waals surface area (Å²) < 4.78 is 13.1. The third kappa shape index (κ3) is 3.78. The van der Waals surface area contributed by atoms with Crippen LogP contribution < -0.4 is 15.0 Å². The maximum atomic E-state index is 6.39. The van der Waals surface area contributed by atoms with E-state index >= 15 is 0 Å². The van der Waals surface area contributed by atoms with Crippen LogP contribution in [0.2, 0.25) is 0 Å². The molecule has 5 nitrogen and oxygen atoms in total. The molecule has 3 heterocycles. The summed E-state index contributed by atoms with van der Waals surface area (Å²) in [5, 5.41) is 4.04. The van der Waals surface area contributed by atoms with Gasteiger partial charge in [-0.2, -0.15) is 0 Å². The number of methoxy groups -OCH3 is 1. The number of furan rings is 1. The predicted octanol–water partition coefficient (Wildman–Crippen LogP) is 6.29. The number of ether oxygens (including phenoxy) is 1. The standard InChI is InChI=1S/C25H20BrN3O2S/c1-30-21-8-3-2-7-19(21)29-24(23(28-25(29)32)18-6-4-5-15-27-18)22-14-13-20(31-22)16-9-11-17(26)12-10-16/h2-15,23-24H,1H3,(H,28,32)/t23-,24+/m0/s1. The first-order valence-corrected chi connectivity index (χ1v) is 11.3. The van der Waals surface area contributed by atoms with Crippen molar-refractivity contribution in [2.75, 3.05) is 12.0 Å². The lowest BCUT2D eigenvalue weighted by Gasteiger charge is -2.27. The van der Waals surface area contributed by atoms with Gasteiger partial charge in [0, 0.05) is 16.2 Å². The molecule has 1 aliphatic heterocycles. The molecule has 2 aromatic heterocycles. The Kier molecular flexibility index (Phi) is 5.68. The van der Waals surface area contributed by atoms with E-state index in [9.17, 15) is 0 Å². The van der Waals surface area contributed by atoms with Gasteiger partial charge in [0.2, 0.25) is 0 Å². The zero-order chi connectivity index (χ0) is 22.1. The lowest BCUT2D eigenvalue weighted by Crippen LogP contribution is -2.29. The van der Waals surface area contributed by atoms with Crippen LogP contribution in [-0.4, -0.2) is 17.2 Å². The molecule has 4 aromatic rings. The summed E-state index contributed by atoms with van der Waals surface area (Å²) in [6.45, 7) is 0. The summed E-state index contributed by atoms with van der Waals surface area (Å²) in [5.74, 6) is 2.32. The second kappa shape index (κ2) is 8.76. The van der Waals surface area contributed by atoms with E-state index in [1.807, 2.05) is 78.9 Å². The fraction of sp³-hybridized carbons (Fsp3) is 0.120. The minimum atomic E-state index is -0.238. The van der Waals surface area contributed by atoms with Crippen molar-refractivity contribution < 1.29 is 9.15 Å². The molecule has 2 atom stereocenters. The lowest BCUT2D eigenvalue weighted by molar-refractivity contribution is 0.409. The van der Waals surface area contributed by atoms with E-state index in [1.54, 1.807) is 13.3 Å². The second-order valence-electron chi connectivity index (χ2n) is 7.38. The predicted molar refractivity (Wildman–Crippen MR) is 133 cm³/mol. The van der Waals surface area contributed by atoms with Crippen molar-refractivity contribution in [2.24, 2.45) is 0 Å². The van der Waals surface area contributed by atoms with Gasteiger partial charge in [-0.25, -0.2) is 0 Å². The first kappa shape index (κ1) is 20.7. The van der Waals surface area contributed by atoms with Crippen LogP contribution in [0.1, 0.15) is 23.5 Å². The maximum absolute atomic E-state index is 6.39. The monoisotopic (exact) mass is 505 g/mol. The van der Waals surface area contributed by atoms with Gasteiger partial charge in [0.05, 0.1) is 24.5 Å². The molecule has 2 aromatic carbocycles. The van der Waals surface area contributed by atoms with Gasteiger partial charge in [-0.05, 0) is 60.7 Å². The number of pyridine rings is 1. The number of halogens is 1. The van der Waals surface area contributed by atoms with E-state index in [1.165, 1.54) is 0 Å². The summed E-state index contributed by atoms with van der Waals surface area (Å²) in [5.41, 5.74) is 2.77. The average molecular weight is 506 g/mol. The summed E-state index contributed by atoms with van der Waals surface area (Å²) >= 11 is 9.27. The smallest absolute Gasteiger partial charge is 0.174 e. The SMILES string of the molecule is COc1ccccc1N1C(=S)N[C@@H](c2ccccn2)[C@H]1c1ccc(-c2ccc(Br)cc2)o1. The third-order valence-electron chi connectivity index (χ3n) is 5.49. The molecule has 160 valence electrons. The van der Waals surface area contributed by atoms with Crippen LogP contribution in [0, 0.1) is 0 Å². The number of benzene rings is 2. The fourth-order valence-electron chi connectivity index (χ4n) is 4.01. The van der Waals surface area contributed by atoms with Crippen molar-refractivity contribution in [1.82, 2.24) is 10.3 Å². The van der Waals surface area contributed by atoms with E-state index in [0.29, 0.717) is 5.11 Å². The number of anilines is 1. The lowest BCUT2D eigenvalue weighted by atomic mass is 10.0. The molecule has 0 unspecified atom stereocenters. The molecule has 1 fully saturated rings. The molecule has 0 bridgehead atoms. The van der Waals surface area contributed by atoms with Gasteiger partial charge < -0.3 is 19.4 Å². The summed E-state index contributed by atoms with van der Waals surface area (Å²) in [7, 11) is 1.66. The molecule has 0 radical (unpaired) electrons. The van der Waals surface area contributed by atoms with Gasteiger partial charge in [0.1, 0.15) is 23.3 Å². The summed E-state index contributed by atoms with van der Waals surface area (Å²) in [4.78, 5) is 6.64. The number of thiocarbonyl (C=S) groups is 1. The number of nitrogens with zero attached hydrogens (tertiary/aromatic N) is 2. The van der Waals surface area contributed by atoms with Crippen LogP contribution in [-0.2, 0) is 0 Å². The zero-order valence-corrected chi connectivity index (χ0v) is 19.6. The van der Waals surface area contributed by atoms with E-state index in [2.05, 4.69) is 31.1 Å². The highest BCUT2D eigenvalue weighted by Gasteiger charge is 2.43. The molecular weight excluding hydrogens is 486 g/mol. The number of rotatable bonds is 5. The molecular formula is C25H20BrN3O2S. The van der Waals surface area contributed by atoms with Gasteiger partial charge in [-0.3, -0.25) is 4.98 Å². The topological polar surface area (TPSA) is 50.5 Å². The number of para-hydroxylation sites is 2. The first-order chi connectivity index (χ1) is 15.7. The number of hydrogen-bond donors (Lipinski definition) is 1. The highest BCUT2D eigenvalue weighted by molar-refractivity contribution is 9.10. The Labute approximate surface area is 200 Å². The number of nitrogens with one attached hydrogen (secondary N) is 1. The van der Waals surface area contributed by atoms with Crippen LogP contribution in [0.4, 0.5) is 5.69 Å². The van der Waals surface area contributed by atoms with Crippen LogP contribution in [0.15, 0.2) is 93.9 Å². The fourth-order valence-corrected chi connectivity index (χ4v) is 4.62. The normalized spacial score (nSPS) is 17.9. The Bertz CT molecular complexity index is 1240. The molecule has 1 saturated heterocycles. The molecule has 0 amide bonds. The Morgan fingerprint density at radius 3 is 2.53 bits per heavy atom. The van der Waals surface area contributed by atoms with Crippen LogP contribution >= 0.6 is 28.1 Å². The molecule has 0 aliphatic carbocycles. The van der Waals surface area contributed by atoms with Crippen LogP contribution in [0.3, 0.4) is 0 Å². The van der Waals surface area contributed by atoms with Gasteiger partial charge >= 0.3 is 0 Å². The highest BCUT2D eigenvalue weighted by atomic mass is 79.9. The molecule has 0 saturated carbocycles. The van der Waals surface area contributed by atoms with Crippen molar-refractivity contribution in [3.63, 3.8) is 0 Å². The quantitative estimate of drug-likeness (QED) is 0.321. The van der Waals surface area contributed by atoms with Crippen molar-refractivity contribution in [3.05, 3.63) is 101 Å². The Morgan fingerprint density at radius 1 is 1.00 bits per heavy atom. The Morgan fingerprint density at radius 2 is 1.78 bits per heavy atom. The van der Waals surface area contributed by atoms with Gasteiger partial charge in [0.15, 0.2) is 5.11 Å². The van der Waals surface area contributed by atoms with Crippen molar-refractivity contribution in [3.8, 4) is 17.1 Å². The maximum Gasteiger partial charge on any atom is 0.174 e. The van der Waals surface area contributed by atoms with E-state index < -0.39 is 0 Å². The van der Waals surface area contributed by atoms with E-state index in [-0.39, 0.29) is 12.1 Å². The zero-order valence-electron chi connectivity index (χ0n) is 17.2. The van der Waals surface area contributed by atoms with Crippen molar-refractivity contribution >= 4 is 38.9 Å². The highest BCUT2D eigenvalue weighted by Crippen LogP contribution is 2.45. The minimum absolute atomic E-state index is 0.183. The van der Waals surface area contributed by atoms with Crippen LogP contribution in [0.25, 0.3) is 11.3 Å². The minimum Gasteiger partial charge on any atom is -0.495 e. The number of aromatic nitrogens is 1. The van der Waals surface area contributed by atoms with Gasteiger partial charge in [0.25, 0.3) is 0 Å². The Balaban J connectivity index is 1.61. The summed E-state index contributed by atoms with van der Waals surface area (Å²) in [6.07, 6.45) is 1.79. The molecule has 32 heavy (non-hydrogen) atoms. The third-order valence-corrected chi connectivity index (χ3v) is 6.33. The largest absolute Gasteiger partial charge is 0.495 e. The molecule has 0 spiro atoms.